The molecular formula is C12H15IN2O. The van der Waals surface area contributed by atoms with Gasteiger partial charge in [0.05, 0.1) is 0 Å². The van der Waals surface area contributed by atoms with E-state index in [1.54, 1.807) is 6.08 Å². The van der Waals surface area contributed by atoms with Crippen LogP contribution in [0.4, 0.5) is 5.69 Å². The Bertz CT molecular complexity index is 379. The molecule has 86 valence electrons. The Hall–Kier alpha value is -1.04. The Morgan fingerprint density at radius 1 is 1.62 bits per heavy atom. The summed E-state index contributed by atoms with van der Waals surface area (Å²) < 4.78 is 1.14. The van der Waals surface area contributed by atoms with Gasteiger partial charge in [0.2, 0.25) is 5.91 Å². The maximum absolute atomic E-state index is 11.6. The maximum atomic E-state index is 11.6. The Morgan fingerprint density at radius 2 is 2.38 bits per heavy atom. The first-order chi connectivity index (χ1) is 7.63. The molecule has 0 saturated heterocycles. The van der Waals surface area contributed by atoms with Crippen molar-refractivity contribution in [1.82, 2.24) is 5.32 Å². The summed E-state index contributed by atoms with van der Waals surface area (Å²) >= 11 is 2.24. The van der Waals surface area contributed by atoms with Gasteiger partial charge in [0.25, 0.3) is 0 Å². The zero-order chi connectivity index (χ0) is 12.0. The van der Waals surface area contributed by atoms with Crippen LogP contribution in [0.5, 0.6) is 0 Å². The van der Waals surface area contributed by atoms with E-state index >= 15 is 0 Å². The summed E-state index contributed by atoms with van der Waals surface area (Å²) in [4.78, 5) is 11.6. The topological polar surface area (TPSA) is 41.1 Å². The summed E-state index contributed by atoms with van der Waals surface area (Å²) in [5.41, 5.74) is 0.952. The van der Waals surface area contributed by atoms with Gasteiger partial charge in [-0.05, 0) is 47.7 Å². The van der Waals surface area contributed by atoms with Crippen molar-refractivity contribution in [3.63, 3.8) is 0 Å². The molecule has 0 fully saturated rings. The van der Waals surface area contributed by atoms with E-state index in [1.807, 2.05) is 31.2 Å². The number of carbonyl (C=O) groups excluding carboxylic acids is 1. The number of benzene rings is 1. The lowest BCUT2D eigenvalue weighted by Crippen LogP contribution is -2.37. The highest BCUT2D eigenvalue weighted by molar-refractivity contribution is 14.1. The first-order valence-corrected chi connectivity index (χ1v) is 6.12. The van der Waals surface area contributed by atoms with Gasteiger partial charge in [-0.1, -0.05) is 12.1 Å². The summed E-state index contributed by atoms with van der Waals surface area (Å²) in [6.07, 6.45) is 1.66. The van der Waals surface area contributed by atoms with Crippen LogP contribution in [0.1, 0.15) is 6.92 Å². The van der Waals surface area contributed by atoms with Gasteiger partial charge in [-0.25, -0.2) is 0 Å². The van der Waals surface area contributed by atoms with Gasteiger partial charge in [-0.3, -0.25) is 4.79 Å². The lowest BCUT2D eigenvalue weighted by Gasteiger charge is -2.14. The molecule has 1 rings (SSSR count). The molecule has 0 bridgehead atoms. The second-order valence-electron chi connectivity index (χ2n) is 3.41. The third-order valence-electron chi connectivity index (χ3n) is 2.02. The Labute approximate surface area is 109 Å². The van der Waals surface area contributed by atoms with Crippen molar-refractivity contribution in [2.45, 2.75) is 13.0 Å². The molecule has 2 N–H and O–H groups in total. The summed E-state index contributed by atoms with van der Waals surface area (Å²) in [6.45, 7) is 5.88. The minimum absolute atomic E-state index is 0.0289. The molecule has 0 aliphatic carbocycles. The molecule has 0 radical (unpaired) electrons. The van der Waals surface area contributed by atoms with Crippen LogP contribution in [-0.4, -0.2) is 18.5 Å². The van der Waals surface area contributed by atoms with Gasteiger partial charge in [0, 0.05) is 15.8 Å². The smallest absolute Gasteiger partial charge is 0.242 e. The molecule has 3 nitrogen and oxygen atoms in total. The number of amides is 1. The zero-order valence-electron chi connectivity index (χ0n) is 9.16. The average Bonchev–Trinajstić information content (AvgIpc) is 2.25. The molecule has 0 heterocycles. The fraction of sp³-hybridized carbons (Fsp3) is 0.250. The quantitative estimate of drug-likeness (QED) is 0.643. The van der Waals surface area contributed by atoms with Crippen LogP contribution < -0.4 is 10.6 Å². The maximum Gasteiger partial charge on any atom is 0.242 e. The fourth-order valence-corrected chi connectivity index (χ4v) is 1.76. The molecule has 1 amide bonds. The van der Waals surface area contributed by atoms with Gasteiger partial charge in [-0.2, -0.15) is 0 Å². The number of halogens is 1. The first kappa shape index (κ1) is 13.0. The summed E-state index contributed by atoms with van der Waals surface area (Å²) in [5.74, 6) is -0.0289. The van der Waals surface area contributed by atoms with Crippen LogP contribution in [0.3, 0.4) is 0 Å². The number of anilines is 1. The van der Waals surface area contributed by atoms with Crippen molar-refractivity contribution in [3.05, 3.63) is 40.5 Å². The molecule has 1 atom stereocenters. The monoisotopic (exact) mass is 330 g/mol. The van der Waals surface area contributed by atoms with Crippen LogP contribution in [-0.2, 0) is 4.79 Å². The molecule has 16 heavy (non-hydrogen) atoms. The van der Waals surface area contributed by atoms with Crippen molar-refractivity contribution in [2.75, 3.05) is 11.9 Å². The normalized spacial score (nSPS) is 11.6. The third-order valence-corrected chi connectivity index (χ3v) is 2.69. The van der Waals surface area contributed by atoms with E-state index in [4.69, 9.17) is 0 Å². The fourth-order valence-electron chi connectivity index (χ4n) is 1.22. The minimum Gasteiger partial charge on any atom is -0.374 e. The van der Waals surface area contributed by atoms with E-state index in [9.17, 15) is 4.79 Å². The molecule has 0 aromatic heterocycles. The van der Waals surface area contributed by atoms with Crippen molar-refractivity contribution in [1.29, 1.82) is 0 Å². The van der Waals surface area contributed by atoms with Crippen molar-refractivity contribution in [2.24, 2.45) is 0 Å². The minimum atomic E-state index is -0.252. The van der Waals surface area contributed by atoms with Gasteiger partial charge in [0.1, 0.15) is 6.04 Å². The second kappa shape index (κ2) is 6.52. The number of rotatable bonds is 5. The molecule has 0 aliphatic heterocycles. The highest BCUT2D eigenvalue weighted by atomic mass is 127. The average molecular weight is 330 g/mol. The lowest BCUT2D eigenvalue weighted by molar-refractivity contribution is -0.121. The van der Waals surface area contributed by atoms with E-state index in [0.29, 0.717) is 6.54 Å². The number of hydrogen-bond acceptors (Lipinski definition) is 2. The Kier molecular flexibility index (Phi) is 5.31. The zero-order valence-corrected chi connectivity index (χ0v) is 11.3. The van der Waals surface area contributed by atoms with E-state index in [0.717, 1.165) is 9.26 Å². The van der Waals surface area contributed by atoms with Crippen LogP contribution in [0.2, 0.25) is 0 Å². The van der Waals surface area contributed by atoms with Crippen molar-refractivity contribution < 1.29 is 4.79 Å². The van der Waals surface area contributed by atoms with E-state index < -0.39 is 0 Å². The summed E-state index contributed by atoms with van der Waals surface area (Å²) in [7, 11) is 0. The Morgan fingerprint density at radius 3 is 3.00 bits per heavy atom. The molecule has 1 aromatic carbocycles. The highest BCUT2D eigenvalue weighted by Gasteiger charge is 2.10. The lowest BCUT2D eigenvalue weighted by atomic mass is 10.2. The van der Waals surface area contributed by atoms with Gasteiger partial charge in [-0.15, -0.1) is 6.58 Å². The van der Waals surface area contributed by atoms with Crippen molar-refractivity contribution >= 4 is 34.2 Å². The number of carbonyl (C=O) groups is 1. The van der Waals surface area contributed by atoms with Gasteiger partial charge >= 0.3 is 0 Å². The molecule has 1 unspecified atom stereocenters. The van der Waals surface area contributed by atoms with Crippen molar-refractivity contribution in [3.8, 4) is 0 Å². The second-order valence-corrected chi connectivity index (χ2v) is 4.66. The molecule has 0 aliphatic rings. The largest absolute Gasteiger partial charge is 0.374 e. The summed E-state index contributed by atoms with van der Waals surface area (Å²) in [6, 6.07) is 7.65. The predicted octanol–water partition coefficient (Wildman–Crippen LogP) is 2.39. The molecule has 4 heteroatoms. The van der Waals surface area contributed by atoms with Crippen LogP contribution >= 0.6 is 22.6 Å². The third kappa shape index (κ3) is 4.22. The Balaban J connectivity index is 2.53. The first-order valence-electron chi connectivity index (χ1n) is 5.04. The van der Waals surface area contributed by atoms with Crippen LogP contribution in [0, 0.1) is 3.57 Å². The summed E-state index contributed by atoms with van der Waals surface area (Å²) in [5, 5.41) is 5.89. The predicted molar refractivity (Wildman–Crippen MR) is 75.5 cm³/mol. The van der Waals surface area contributed by atoms with E-state index in [1.165, 1.54) is 0 Å². The van der Waals surface area contributed by atoms with E-state index in [-0.39, 0.29) is 11.9 Å². The molecule has 1 aromatic rings. The van der Waals surface area contributed by atoms with Crippen LogP contribution in [0.15, 0.2) is 36.9 Å². The standard InChI is InChI=1S/C12H15IN2O/c1-3-7-14-12(16)9(2)15-11-6-4-5-10(13)8-11/h3-6,8-9,15H,1,7H2,2H3,(H,14,16). The number of nitrogens with one attached hydrogen (secondary N) is 2. The van der Waals surface area contributed by atoms with Crippen LogP contribution in [0.25, 0.3) is 0 Å². The van der Waals surface area contributed by atoms with Gasteiger partial charge < -0.3 is 10.6 Å². The van der Waals surface area contributed by atoms with E-state index in [2.05, 4.69) is 39.8 Å². The molecule has 0 spiro atoms. The molecular weight excluding hydrogens is 315 g/mol. The SMILES string of the molecule is C=CCNC(=O)C(C)Nc1cccc(I)c1. The van der Waals surface area contributed by atoms with Gasteiger partial charge in [0.15, 0.2) is 0 Å². The molecule has 0 saturated carbocycles. The number of hydrogen-bond donors (Lipinski definition) is 2. The highest BCUT2D eigenvalue weighted by Crippen LogP contribution is 2.13.